The van der Waals surface area contributed by atoms with E-state index in [0.717, 1.165) is 33.3 Å². The van der Waals surface area contributed by atoms with Gasteiger partial charge in [-0.25, -0.2) is 4.79 Å². The largest absolute Gasteiger partial charge is 0.418 e. The first-order valence-corrected chi connectivity index (χ1v) is 13.8. The Labute approximate surface area is 243 Å². The van der Waals surface area contributed by atoms with E-state index in [0.29, 0.717) is 26.0 Å². The van der Waals surface area contributed by atoms with Crippen molar-refractivity contribution in [3.63, 3.8) is 0 Å². The van der Waals surface area contributed by atoms with E-state index in [1.807, 2.05) is 30.3 Å². The minimum Gasteiger partial charge on any atom is -0.376 e. The van der Waals surface area contributed by atoms with Crippen molar-refractivity contribution in [2.45, 2.75) is 44.6 Å². The van der Waals surface area contributed by atoms with Crippen molar-refractivity contribution in [3.05, 3.63) is 110 Å². The molecule has 2 heterocycles. The molecular formula is C31H29F3N4O5. The third kappa shape index (κ3) is 6.86. The summed E-state index contributed by atoms with van der Waals surface area (Å²) in [5.74, 6) is -1.37. The van der Waals surface area contributed by atoms with Crippen LogP contribution in [0.3, 0.4) is 0 Å². The van der Waals surface area contributed by atoms with E-state index in [-0.39, 0.29) is 29.1 Å². The molecule has 0 bridgehead atoms. The Morgan fingerprint density at radius 3 is 2.42 bits per heavy atom. The van der Waals surface area contributed by atoms with Crippen LogP contribution >= 0.6 is 0 Å². The third-order valence-electron chi connectivity index (χ3n) is 7.25. The van der Waals surface area contributed by atoms with Gasteiger partial charge in [-0.05, 0) is 55.2 Å². The van der Waals surface area contributed by atoms with Gasteiger partial charge in [0.2, 0.25) is 5.91 Å². The van der Waals surface area contributed by atoms with Crippen molar-refractivity contribution < 1.29 is 27.5 Å². The first kappa shape index (κ1) is 29.8. The molecule has 2 amide bonds. The molecule has 0 spiro atoms. The zero-order valence-corrected chi connectivity index (χ0v) is 23.0. The van der Waals surface area contributed by atoms with Crippen molar-refractivity contribution >= 4 is 28.4 Å². The summed E-state index contributed by atoms with van der Waals surface area (Å²) in [5.41, 5.74) is -1.79. The number of fused-ring (bicyclic) bond motifs is 1. The van der Waals surface area contributed by atoms with Crippen LogP contribution in [0.2, 0.25) is 0 Å². The molecule has 1 saturated heterocycles. The summed E-state index contributed by atoms with van der Waals surface area (Å²) in [7, 11) is 0. The molecular weight excluding hydrogens is 565 g/mol. The Morgan fingerprint density at radius 2 is 1.70 bits per heavy atom. The van der Waals surface area contributed by atoms with Gasteiger partial charge in [0.05, 0.1) is 34.8 Å². The number of carbonyl (C=O) groups is 2. The Morgan fingerprint density at radius 1 is 0.953 bits per heavy atom. The van der Waals surface area contributed by atoms with E-state index in [2.05, 4.69) is 10.6 Å². The monoisotopic (exact) mass is 594 g/mol. The van der Waals surface area contributed by atoms with E-state index in [4.69, 9.17) is 4.74 Å². The second-order valence-corrected chi connectivity index (χ2v) is 10.2. The Hall–Kier alpha value is -4.71. The predicted octanol–water partition coefficient (Wildman–Crippen LogP) is 3.97. The van der Waals surface area contributed by atoms with Gasteiger partial charge in [-0.3, -0.25) is 23.5 Å². The maximum absolute atomic E-state index is 13.6. The lowest BCUT2D eigenvalue weighted by Gasteiger charge is -2.18. The number of anilines is 1. The van der Waals surface area contributed by atoms with Gasteiger partial charge in [0.25, 0.3) is 11.5 Å². The third-order valence-corrected chi connectivity index (χ3v) is 7.25. The van der Waals surface area contributed by atoms with Crippen LogP contribution < -0.4 is 21.9 Å². The molecule has 0 saturated carbocycles. The summed E-state index contributed by atoms with van der Waals surface area (Å²) in [6.07, 6.45) is -3.10. The molecule has 0 radical (unpaired) electrons. The summed E-state index contributed by atoms with van der Waals surface area (Å²) in [5, 5.41) is 5.11. The average molecular weight is 595 g/mol. The minimum atomic E-state index is -4.72. The second-order valence-electron chi connectivity index (χ2n) is 10.2. The second kappa shape index (κ2) is 12.7. The summed E-state index contributed by atoms with van der Waals surface area (Å²) >= 11 is 0. The molecule has 43 heavy (non-hydrogen) atoms. The van der Waals surface area contributed by atoms with Gasteiger partial charge in [-0.2, -0.15) is 13.2 Å². The van der Waals surface area contributed by atoms with Crippen molar-refractivity contribution in [2.75, 3.05) is 18.5 Å². The number of benzene rings is 3. The van der Waals surface area contributed by atoms with Crippen molar-refractivity contribution in [3.8, 4) is 0 Å². The molecule has 0 unspecified atom stereocenters. The highest BCUT2D eigenvalue weighted by Gasteiger charge is 2.33. The smallest absolute Gasteiger partial charge is 0.376 e. The van der Waals surface area contributed by atoms with Gasteiger partial charge < -0.3 is 15.4 Å². The van der Waals surface area contributed by atoms with E-state index >= 15 is 0 Å². The molecule has 9 nitrogen and oxygen atoms in total. The fourth-order valence-corrected chi connectivity index (χ4v) is 5.10. The highest BCUT2D eigenvalue weighted by molar-refractivity contribution is 5.98. The van der Waals surface area contributed by atoms with Gasteiger partial charge in [0.1, 0.15) is 6.54 Å². The lowest BCUT2D eigenvalue weighted by Crippen LogP contribution is -2.44. The van der Waals surface area contributed by atoms with E-state index in [1.165, 1.54) is 30.3 Å². The number of para-hydroxylation sites is 1. The fourth-order valence-electron chi connectivity index (χ4n) is 5.10. The first-order valence-electron chi connectivity index (χ1n) is 13.8. The molecule has 224 valence electrons. The highest BCUT2D eigenvalue weighted by atomic mass is 19.4. The van der Waals surface area contributed by atoms with Crippen LogP contribution in [0.15, 0.2) is 82.4 Å². The van der Waals surface area contributed by atoms with Gasteiger partial charge in [-0.1, -0.05) is 42.5 Å². The number of nitrogens with one attached hydrogen (secondary N) is 2. The van der Waals surface area contributed by atoms with E-state index in [1.54, 1.807) is 0 Å². The molecule has 1 fully saturated rings. The maximum atomic E-state index is 13.6. The summed E-state index contributed by atoms with van der Waals surface area (Å²) in [4.78, 5) is 53.1. The van der Waals surface area contributed by atoms with Gasteiger partial charge in [0.15, 0.2) is 0 Å². The van der Waals surface area contributed by atoms with Gasteiger partial charge in [-0.15, -0.1) is 0 Å². The zero-order chi connectivity index (χ0) is 30.6. The van der Waals surface area contributed by atoms with Crippen molar-refractivity contribution in [1.82, 2.24) is 14.5 Å². The number of carbonyl (C=O) groups excluding carboxylic acids is 2. The maximum Gasteiger partial charge on any atom is 0.418 e. The molecule has 2 N–H and O–H groups in total. The molecule has 4 aromatic rings. The molecule has 12 heteroatoms. The molecule has 1 atom stereocenters. The number of amides is 2. The number of hydrogen-bond acceptors (Lipinski definition) is 5. The van der Waals surface area contributed by atoms with Crippen LogP contribution in [-0.2, 0) is 35.2 Å². The first-order chi connectivity index (χ1) is 20.6. The molecule has 1 aromatic heterocycles. The van der Waals surface area contributed by atoms with Crippen LogP contribution in [0.5, 0.6) is 0 Å². The summed E-state index contributed by atoms with van der Waals surface area (Å²) < 4.78 is 48.1. The lowest BCUT2D eigenvalue weighted by molar-refractivity contribution is -0.137. The van der Waals surface area contributed by atoms with E-state index < -0.39 is 47.0 Å². The van der Waals surface area contributed by atoms with Gasteiger partial charge >= 0.3 is 11.9 Å². The topological polar surface area (TPSA) is 111 Å². The van der Waals surface area contributed by atoms with Crippen LogP contribution in [-0.4, -0.2) is 40.2 Å². The number of alkyl halides is 3. The average Bonchev–Trinajstić information content (AvgIpc) is 3.51. The Balaban J connectivity index is 1.48. The van der Waals surface area contributed by atoms with Gasteiger partial charge in [0, 0.05) is 18.7 Å². The standard InChI is InChI=1S/C31H29F3N4O5/c32-31(33,34)24-10-4-5-11-25(24)36-27(39)19-37-26-17-21(28(40)35-15-14-20-7-2-1-3-8-20)12-13-23(26)29(41)38(30(37)42)18-22-9-6-16-43-22/h1-5,7-8,10-13,17,22H,6,9,14-16,18-19H2,(H,35,40)(H,36,39)/t22-/m1/s1. The molecule has 1 aliphatic heterocycles. The number of nitrogens with zero attached hydrogens (tertiary/aromatic N) is 2. The zero-order valence-electron chi connectivity index (χ0n) is 23.0. The molecule has 0 aliphatic carbocycles. The number of halogens is 3. The molecule has 3 aromatic carbocycles. The number of rotatable bonds is 9. The Bertz CT molecular complexity index is 1760. The fraction of sp³-hybridized carbons (Fsp3) is 0.290. The van der Waals surface area contributed by atoms with Crippen molar-refractivity contribution in [2.24, 2.45) is 0 Å². The minimum absolute atomic E-state index is 0.00792. The normalized spacial score (nSPS) is 15.0. The quantitative estimate of drug-likeness (QED) is 0.305. The molecule has 5 rings (SSSR count). The van der Waals surface area contributed by atoms with E-state index in [9.17, 15) is 32.3 Å². The highest BCUT2D eigenvalue weighted by Crippen LogP contribution is 2.34. The predicted molar refractivity (Wildman–Crippen MR) is 154 cm³/mol. The Kier molecular flexibility index (Phi) is 8.76. The lowest BCUT2D eigenvalue weighted by atomic mass is 10.1. The number of ether oxygens (including phenoxy) is 1. The SMILES string of the molecule is O=C(Cn1c(=O)n(C[C@H]2CCCO2)c(=O)c2ccc(C(=O)NCCc3ccccc3)cc21)Nc1ccccc1C(F)(F)F. The summed E-state index contributed by atoms with van der Waals surface area (Å²) in [6.45, 7) is 0.0723. The number of hydrogen-bond donors (Lipinski definition) is 2. The van der Waals surface area contributed by atoms with Crippen LogP contribution in [0.4, 0.5) is 18.9 Å². The number of aromatic nitrogens is 2. The van der Waals surface area contributed by atoms with Crippen LogP contribution in [0.25, 0.3) is 10.9 Å². The summed E-state index contributed by atoms with van der Waals surface area (Å²) in [6, 6.07) is 18.2. The van der Waals surface area contributed by atoms with Crippen LogP contribution in [0.1, 0.15) is 34.3 Å². The van der Waals surface area contributed by atoms with Crippen LogP contribution in [0, 0.1) is 0 Å². The molecule has 1 aliphatic rings. The van der Waals surface area contributed by atoms with Crippen molar-refractivity contribution in [1.29, 1.82) is 0 Å².